The van der Waals surface area contributed by atoms with Crippen LogP contribution in [0.1, 0.15) is 33.6 Å². The van der Waals surface area contributed by atoms with Gasteiger partial charge in [0.05, 0.1) is 11.1 Å². The normalized spacial score (nSPS) is 11.4. The van der Waals surface area contributed by atoms with Crippen LogP contribution in [0.15, 0.2) is 10.7 Å². The molecule has 1 heterocycles. The van der Waals surface area contributed by atoms with Crippen LogP contribution in [0.3, 0.4) is 0 Å². The molecular formula is C13H23BrN4O. The summed E-state index contributed by atoms with van der Waals surface area (Å²) in [5.41, 5.74) is -0.0945. The van der Waals surface area contributed by atoms with Gasteiger partial charge in [-0.3, -0.25) is 0 Å². The van der Waals surface area contributed by atoms with Crippen LogP contribution >= 0.6 is 15.9 Å². The maximum Gasteiger partial charge on any atom is 0.224 e. The maximum atomic E-state index is 9.57. The van der Waals surface area contributed by atoms with Gasteiger partial charge in [0.25, 0.3) is 0 Å². The molecule has 0 saturated carbocycles. The summed E-state index contributed by atoms with van der Waals surface area (Å²) in [6, 6.07) is 0. The van der Waals surface area contributed by atoms with Crippen molar-refractivity contribution in [2.75, 3.05) is 30.3 Å². The van der Waals surface area contributed by atoms with Crippen LogP contribution in [-0.4, -0.2) is 34.8 Å². The van der Waals surface area contributed by atoms with Crippen molar-refractivity contribution in [1.29, 1.82) is 0 Å². The lowest BCUT2D eigenvalue weighted by atomic mass is 9.83. The van der Waals surface area contributed by atoms with Crippen molar-refractivity contribution >= 4 is 27.7 Å². The Hall–Kier alpha value is -0.880. The lowest BCUT2D eigenvalue weighted by molar-refractivity contribution is 0.127. The van der Waals surface area contributed by atoms with E-state index >= 15 is 0 Å². The first-order valence-corrected chi connectivity index (χ1v) is 7.51. The van der Waals surface area contributed by atoms with Crippen LogP contribution in [-0.2, 0) is 0 Å². The topological polar surface area (TPSA) is 70.1 Å². The van der Waals surface area contributed by atoms with E-state index in [1.165, 1.54) is 0 Å². The molecule has 0 unspecified atom stereocenters. The Morgan fingerprint density at radius 3 is 2.47 bits per heavy atom. The first-order valence-electron chi connectivity index (χ1n) is 6.72. The van der Waals surface area contributed by atoms with Crippen LogP contribution < -0.4 is 10.6 Å². The number of halogens is 1. The van der Waals surface area contributed by atoms with E-state index in [0.717, 1.165) is 29.7 Å². The fraction of sp³-hybridized carbons (Fsp3) is 0.692. The standard InChI is InChI=1S/C13H23BrN4O/c1-4-13(5-2,9-19)8-17-11-10(14)7-16-12(18-11)15-6-3/h7,19H,4-6,8-9H2,1-3H3,(H2,15,16,17,18). The average molecular weight is 331 g/mol. The second-order valence-electron chi connectivity index (χ2n) is 4.64. The highest BCUT2D eigenvalue weighted by atomic mass is 79.9. The van der Waals surface area contributed by atoms with Crippen LogP contribution in [0.4, 0.5) is 11.8 Å². The second-order valence-corrected chi connectivity index (χ2v) is 5.49. The van der Waals surface area contributed by atoms with E-state index in [2.05, 4.69) is 50.4 Å². The number of anilines is 2. The van der Waals surface area contributed by atoms with Gasteiger partial charge in [0, 0.05) is 24.7 Å². The monoisotopic (exact) mass is 330 g/mol. The summed E-state index contributed by atoms with van der Waals surface area (Å²) in [6.45, 7) is 7.85. The first kappa shape index (κ1) is 16.2. The zero-order chi connectivity index (χ0) is 14.3. The van der Waals surface area contributed by atoms with Crippen LogP contribution in [0.5, 0.6) is 0 Å². The third kappa shape index (κ3) is 4.31. The third-order valence-electron chi connectivity index (χ3n) is 3.55. The molecule has 0 radical (unpaired) electrons. The number of rotatable bonds is 8. The molecule has 1 rings (SSSR count). The van der Waals surface area contributed by atoms with Crippen molar-refractivity contribution in [3.8, 4) is 0 Å². The number of hydrogen-bond donors (Lipinski definition) is 3. The van der Waals surface area contributed by atoms with Gasteiger partial charge in [0.1, 0.15) is 5.82 Å². The number of nitrogens with zero attached hydrogens (tertiary/aromatic N) is 2. The van der Waals surface area contributed by atoms with E-state index in [0.29, 0.717) is 12.5 Å². The van der Waals surface area contributed by atoms with E-state index in [1.807, 2.05) is 6.92 Å². The van der Waals surface area contributed by atoms with E-state index in [9.17, 15) is 5.11 Å². The zero-order valence-corrected chi connectivity index (χ0v) is 13.4. The molecule has 3 N–H and O–H groups in total. The summed E-state index contributed by atoms with van der Waals surface area (Å²) >= 11 is 3.44. The van der Waals surface area contributed by atoms with Crippen molar-refractivity contribution in [1.82, 2.24) is 9.97 Å². The molecule has 0 fully saturated rings. The minimum Gasteiger partial charge on any atom is -0.396 e. The fourth-order valence-electron chi connectivity index (χ4n) is 1.79. The second kappa shape index (κ2) is 7.65. The Morgan fingerprint density at radius 1 is 1.26 bits per heavy atom. The smallest absolute Gasteiger partial charge is 0.224 e. The van der Waals surface area contributed by atoms with Gasteiger partial charge in [-0.1, -0.05) is 13.8 Å². The Bertz CT molecular complexity index is 388. The van der Waals surface area contributed by atoms with E-state index in [1.54, 1.807) is 6.20 Å². The maximum absolute atomic E-state index is 9.57. The minimum atomic E-state index is -0.0945. The van der Waals surface area contributed by atoms with E-state index < -0.39 is 0 Å². The van der Waals surface area contributed by atoms with E-state index in [-0.39, 0.29) is 12.0 Å². The molecule has 0 bridgehead atoms. The molecule has 0 atom stereocenters. The van der Waals surface area contributed by atoms with Gasteiger partial charge in [-0.2, -0.15) is 4.98 Å². The van der Waals surface area contributed by atoms with Crippen molar-refractivity contribution in [2.24, 2.45) is 5.41 Å². The molecule has 6 heteroatoms. The molecular weight excluding hydrogens is 308 g/mol. The molecule has 0 saturated heterocycles. The molecule has 0 amide bonds. The molecule has 0 aliphatic carbocycles. The summed E-state index contributed by atoms with van der Waals surface area (Å²) in [5.74, 6) is 1.36. The van der Waals surface area contributed by atoms with Crippen molar-refractivity contribution in [2.45, 2.75) is 33.6 Å². The highest BCUT2D eigenvalue weighted by Crippen LogP contribution is 2.27. The van der Waals surface area contributed by atoms with Gasteiger partial charge < -0.3 is 15.7 Å². The molecule has 0 spiro atoms. The van der Waals surface area contributed by atoms with Crippen molar-refractivity contribution in [3.05, 3.63) is 10.7 Å². The average Bonchev–Trinajstić information content (AvgIpc) is 2.44. The Balaban J connectivity index is 2.78. The number of aromatic nitrogens is 2. The lowest BCUT2D eigenvalue weighted by Gasteiger charge is -2.29. The SMILES string of the molecule is CCNc1ncc(Br)c(NCC(CC)(CC)CO)n1. The predicted molar refractivity (Wildman–Crippen MR) is 82.5 cm³/mol. The lowest BCUT2D eigenvalue weighted by Crippen LogP contribution is -2.32. The molecule has 108 valence electrons. The number of aliphatic hydroxyl groups is 1. The summed E-state index contributed by atoms with van der Waals surface area (Å²) in [6.07, 6.45) is 3.58. The molecule has 0 aliphatic rings. The van der Waals surface area contributed by atoms with Crippen molar-refractivity contribution in [3.63, 3.8) is 0 Å². The van der Waals surface area contributed by atoms with Gasteiger partial charge in [-0.25, -0.2) is 4.98 Å². The predicted octanol–water partition coefficient (Wildman–Crippen LogP) is 2.88. The molecule has 1 aromatic rings. The van der Waals surface area contributed by atoms with Gasteiger partial charge in [-0.05, 0) is 35.7 Å². The molecule has 0 aliphatic heterocycles. The third-order valence-corrected chi connectivity index (χ3v) is 4.13. The zero-order valence-electron chi connectivity index (χ0n) is 11.8. The molecule has 5 nitrogen and oxygen atoms in total. The molecule has 19 heavy (non-hydrogen) atoms. The Morgan fingerprint density at radius 2 is 1.95 bits per heavy atom. The molecule has 0 aromatic carbocycles. The first-order chi connectivity index (χ1) is 9.10. The highest BCUT2D eigenvalue weighted by Gasteiger charge is 2.25. The minimum absolute atomic E-state index is 0.0945. The van der Waals surface area contributed by atoms with Gasteiger partial charge >= 0.3 is 0 Å². The van der Waals surface area contributed by atoms with E-state index in [4.69, 9.17) is 0 Å². The number of hydrogen-bond acceptors (Lipinski definition) is 5. The van der Waals surface area contributed by atoms with Crippen LogP contribution in [0.25, 0.3) is 0 Å². The van der Waals surface area contributed by atoms with Gasteiger partial charge in [0.2, 0.25) is 5.95 Å². The summed E-state index contributed by atoms with van der Waals surface area (Å²) in [5, 5.41) is 16.0. The number of aliphatic hydroxyl groups excluding tert-OH is 1. The number of nitrogens with one attached hydrogen (secondary N) is 2. The Kier molecular flexibility index (Phi) is 6.51. The van der Waals surface area contributed by atoms with Gasteiger partial charge in [0.15, 0.2) is 0 Å². The van der Waals surface area contributed by atoms with Crippen molar-refractivity contribution < 1.29 is 5.11 Å². The largest absolute Gasteiger partial charge is 0.396 e. The summed E-state index contributed by atoms with van der Waals surface area (Å²) in [7, 11) is 0. The highest BCUT2D eigenvalue weighted by molar-refractivity contribution is 9.10. The van der Waals surface area contributed by atoms with Gasteiger partial charge in [-0.15, -0.1) is 0 Å². The summed E-state index contributed by atoms with van der Waals surface area (Å²) < 4.78 is 0.827. The molecule has 1 aromatic heterocycles. The van der Waals surface area contributed by atoms with Crippen LogP contribution in [0, 0.1) is 5.41 Å². The summed E-state index contributed by atoms with van der Waals surface area (Å²) in [4.78, 5) is 8.58. The van der Waals surface area contributed by atoms with Crippen LogP contribution in [0.2, 0.25) is 0 Å². The fourth-order valence-corrected chi connectivity index (χ4v) is 2.12. The Labute approximate surface area is 123 Å². The quantitative estimate of drug-likeness (QED) is 0.683.